The monoisotopic (exact) mass is 287 g/mol. The Morgan fingerprint density at radius 1 is 1.32 bits per heavy atom. The van der Waals surface area contributed by atoms with Gasteiger partial charge in [0, 0.05) is 19.1 Å². The van der Waals surface area contributed by atoms with Gasteiger partial charge >= 0.3 is 0 Å². The molecule has 0 radical (unpaired) electrons. The van der Waals surface area contributed by atoms with E-state index in [0.717, 1.165) is 6.26 Å². The van der Waals surface area contributed by atoms with E-state index >= 15 is 0 Å². The van der Waals surface area contributed by atoms with E-state index in [0.29, 0.717) is 18.9 Å². The second-order valence-corrected chi connectivity index (χ2v) is 5.91. The number of anilines is 1. The number of carbonyl (C=O) groups excluding carboxylic acids is 1. The molecule has 0 fully saturated rings. The minimum absolute atomic E-state index is 0.105. The Balaban J connectivity index is 2.55. The summed E-state index contributed by atoms with van der Waals surface area (Å²) in [7, 11) is -1.74. The topological polar surface area (TPSA) is 81.7 Å². The number of methoxy groups -OCH3 is 1. The normalized spacial score (nSPS) is 11.3. The number of hydrogen-bond acceptors (Lipinski definition) is 5. The zero-order valence-corrected chi connectivity index (χ0v) is 11.7. The molecule has 1 N–H and O–H groups in total. The molecular weight excluding hydrogens is 270 g/mol. The van der Waals surface area contributed by atoms with E-state index in [1.165, 1.54) is 12.1 Å². The molecule has 0 aromatic heterocycles. The van der Waals surface area contributed by atoms with E-state index in [2.05, 4.69) is 5.32 Å². The van der Waals surface area contributed by atoms with Crippen molar-refractivity contribution in [1.82, 2.24) is 0 Å². The number of carbonyl (C=O) groups is 1. The predicted octanol–water partition coefficient (Wildman–Crippen LogP) is 0.692. The molecule has 0 bridgehead atoms. The van der Waals surface area contributed by atoms with E-state index in [-0.39, 0.29) is 17.4 Å². The Morgan fingerprint density at radius 2 is 2.05 bits per heavy atom. The molecule has 19 heavy (non-hydrogen) atoms. The van der Waals surface area contributed by atoms with E-state index in [9.17, 15) is 13.2 Å². The van der Waals surface area contributed by atoms with Crippen molar-refractivity contribution in [2.75, 3.05) is 38.5 Å². The molecule has 0 aliphatic carbocycles. The van der Waals surface area contributed by atoms with Gasteiger partial charge in [-0.15, -0.1) is 0 Å². The van der Waals surface area contributed by atoms with Crippen LogP contribution in [0.15, 0.2) is 29.2 Å². The summed E-state index contributed by atoms with van der Waals surface area (Å²) in [6.07, 6.45) is 1.11. The molecule has 106 valence electrons. The zero-order chi connectivity index (χ0) is 14.3. The molecule has 0 saturated heterocycles. The fourth-order valence-electron chi connectivity index (χ4n) is 1.31. The molecule has 0 atom stereocenters. The summed E-state index contributed by atoms with van der Waals surface area (Å²) in [5.74, 6) is -0.346. The van der Waals surface area contributed by atoms with Crippen LogP contribution in [-0.2, 0) is 24.1 Å². The fraction of sp³-hybridized carbons (Fsp3) is 0.417. The lowest BCUT2D eigenvalue weighted by Gasteiger charge is -2.07. The summed E-state index contributed by atoms with van der Waals surface area (Å²) in [5, 5.41) is 2.56. The highest BCUT2D eigenvalue weighted by molar-refractivity contribution is 7.90. The first-order valence-corrected chi connectivity index (χ1v) is 7.49. The molecule has 0 aliphatic heterocycles. The Kier molecular flexibility index (Phi) is 5.94. The van der Waals surface area contributed by atoms with Crippen molar-refractivity contribution in [1.29, 1.82) is 0 Å². The lowest BCUT2D eigenvalue weighted by molar-refractivity contribution is -0.121. The van der Waals surface area contributed by atoms with Gasteiger partial charge in [-0.3, -0.25) is 4.79 Å². The molecule has 0 heterocycles. The third kappa shape index (κ3) is 5.82. The minimum atomic E-state index is -3.28. The van der Waals surface area contributed by atoms with Crippen molar-refractivity contribution >= 4 is 21.4 Å². The highest BCUT2D eigenvalue weighted by atomic mass is 32.2. The van der Waals surface area contributed by atoms with Gasteiger partial charge in [0.05, 0.1) is 18.1 Å². The van der Waals surface area contributed by atoms with Gasteiger partial charge in [0.25, 0.3) is 0 Å². The van der Waals surface area contributed by atoms with E-state index in [1.54, 1.807) is 19.2 Å². The smallest absolute Gasteiger partial charge is 0.250 e. The zero-order valence-electron chi connectivity index (χ0n) is 10.9. The Bertz CT molecular complexity index is 527. The van der Waals surface area contributed by atoms with Crippen molar-refractivity contribution in [2.45, 2.75) is 4.90 Å². The van der Waals surface area contributed by atoms with E-state index in [1.807, 2.05) is 0 Å². The maximum Gasteiger partial charge on any atom is 0.250 e. The number of ether oxygens (including phenoxy) is 2. The van der Waals surface area contributed by atoms with Gasteiger partial charge in [-0.2, -0.15) is 0 Å². The summed E-state index contributed by atoms with van der Waals surface area (Å²) < 4.78 is 32.5. The first-order valence-electron chi connectivity index (χ1n) is 5.60. The molecule has 6 nitrogen and oxygen atoms in total. The summed E-state index contributed by atoms with van der Waals surface area (Å²) in [6, 6.07) is 6.06. The van der Waals surface area contributed by atoms with Crippen molar-refractivity contribution < 1.29 is 22.7 Å². The van der Waals surface area contributed by atoms with Crippen LogP contribution in [0.3, 0.4) is 0 Å². The molecular formula is C12H17NO5S. The van der Waals surface area contributed by atoms with Gasteiger partial charge in [-0.25, -0.2) is 8.42 Å². The standard InChI is InChI=1S/C12H17NO5S/c1-17-6-7-18-9-12(14)13-10-4-3-5-11(8-10)19(2,15)16/h3-5,8H,6-7,9H2,1-2H3,(H,13,14). The lowest BCUT2D eigenvalue weighted by atomic mass is 10.3. The molecule has 1 amide bonds. The first-order chi connectivity index (χ1) is 8.93. The van der Waals surface area contributed by atoms with Crippen molar-refractivity contribution in [2.24, 2.45) is 0 Å². The second kappa shape index (κ2) is 7.22. The maximum atomic E-state index is 11.5. The molecule has 1 aromatic carbocycles. The van der Waals surface area contributed by atoms with Crippen LogP contribution in [0.2, 0.25) is 0 Å². The Morgan fingerprint density at radius 3 is 2.68 bits per heavy atom. The number of sulfone groups is 1. The van der Waals surface area contributed by atoms with Crippen LogP contribution in [0.1, 0.15) is 0 Å². The van der Waals surface area contributed by atoms with Crippen molar-refractivity contribution in [3.8, 4) is 0 Å². The second-order valence-electron chi connectivity index (χ2n) is 3.89. The minimum Gasteiger partial charge on any atom is -0.382 e. The third-order valence-electron chi connectivity index (χ3n) is 2.21. The molecule has 1 rings (SSSR count). The average molecular weight is 287 g/mol. The van der Waals surface area contributed by atoms with Gasteiger partial charge < -0.3 is 14.8 Å². The number of amides is 1. The number of nitrogens with one attached hydrogen (secondary N) is 1. The molecule has 1 aromatic rings. The SMILES string of the molecule is COCCOCC(=O)Nc1cccc(S(C)(=O)=O)c1. The van der Waals surface area contributed by atoms with E-state index in [4.69, 9.17) is 9.47 Å². The van der Waals surface area contributed by atoms with Crippen LogP contribution in [0, 0.1) is 0 Å². The summed E-state index contributed by atoms with van der Waals surface area (Å²) in [5.41, 5.74) is 0.420. The van der Waals surface area contributed by atoms with Gasteiger partial charge in [0.15, 0.2) is 9.84 Å². The number of hydrogen-bond donors (Lipinski definition) is 1. The van der Waals surface area contributed by atoms with Crippen molar-refractivity contribution in [3.63, 3.8) is 0 Å². The lowest BCUT2D eigenvalue weighted by Crippen LogP contribution is -2.19. The average Bonchev–Trinajstić information content (AvgIpc) is 2.34. The van der Waals surface area contributed by atoms with Crippen LogP contribution in [0.25, 0.3) is 0 Å². The summed E-state index contributed by atoms with van der Waals surface area (Å²) in [6.45, 7) is 0.636. The van der Waals surface area contributed by atoms with E-state index < -0.39 is 9.84 Å². The molecule has 0 aliphatic rings. The first kappa shape index (κ1) is 15.6. The molecule has 7 heteroatoms. The van der Waals surface area contributed by atoms with Gasteiger partial charge in [0.2, 0.25) is 5.91 Å². The van der Waals surface area contributed by atoms with Crippen LogP contribution < -0.4 is 5.32 Å². The van der Waals surface area contributed by atoms with Crippen LogP contribution >= 0.6 is 0 Å². The number of rotatable bonds is 7. The maximum absolute atomic E-state index is 11.5. The molecule has 0 spiro atoms. The fourth-order valence-corrected chi connectivity index (χ4v) is 1.98. The van der Waals surface area contributed by atoms with Crippen LogP contribution in [0.4, 0.5) is 5.69 Å². The van der Waals surface area contributed by atoms with Gasteiger partial charge in [0.1, 0.15) is 6.61 Å². The Labute approximate surface area is 112 Å². The summed E-state index contributed by atoms with van der Waals surface area (Å²) >= 11 is 0. The van der Waals surface area contributed by atoms with Gasteiger partial charge in [-0.1, -0.05) is 6.07 Å². The predicted molar refractivity (Wildman–Crippen MR) is 70.9 cm³/mol. The summed E-state index contributed by atoms with van der Waals surface area (Å²) in [4.78, 5) is 11.7. The third-order valence-corrected chi connectivity index (χ3v) is 3.32. The highest BCUT2D eigenvalue weighted by Gasteiger charge is 2.08. The van der Waals surface area contributed by atoms with Gasteiger partial charge in [-0.05, 0) is 18.2 Å². The van der Waals surface area contributed by atoms with Crippen LogP contribution in [0.5, 0.6) is 0 Å². The molecule has 0 unspecified atom stereocenters. The Hall–Kier alpha value is -1.44. The van der Waals surface area contributed by atoms with Crippen LogP contribution in [-0.4, -0.2) is 47.5 Å². The largest absolute Gasteiger partial charge is 0.382 e. The quantitative estimate of drug-likeness (QED) is 0.746. The number of benzene rings is 1. The van der Waals surface area contributed by atoms with Crippen molar-refractivity contribution in [3.05, 3.63) is 24.3 Å². The highest BCUT2D eigenvalue weighted by Crippen LogP contribution is 2.15. The molecule has 0 saturated carbocycles.